The number of methoxy groups -OCH3 is 1. The van der Waals surface area contributed by atoms with Crippen LogP contribution in [0.3, 0.4) is 0 Å². The molecule has 0 bridgehead atoms. The van der Waals surface area contributed by atoms with E-state index >= 15 is 0 Å². The Kier molecular flexibility index (Phi) is 11.3. The van der Waals surface area contributed by atoms with E-state index in [0.29, 0.717) is 18.9 Å². The topological polar surface area (TPSA) is 83.0 Å². The van der Waals surface area contributed by atoms with Crippen LogP contribution >= 0.6 is 24.0 Å². The lowest BCUT2D eigenvalue weighted by molar-refractivity contribution is 0.224. The van der Waals surface area contributed by atoms with E-state index < -0.39 is 9.84 Å². The van der Waals surface area contributed by atoms with Gasteiger partial charge < -0.3 is 15.4 Å². The van der Waals surface area contributed by atoms with E-state index in [0.717, 1.165) is 30.9 Å². The van der Waals surface area contributed by atoms with Gasteiger partial charge in [0.05, 0.1) is 31.2 Å². The van der Waals surface area contributed by atoms with Crippen molar-refractivity contribution in [2.75, 3.05) is 44.8 Å². The molecule has 0 aromatic heterocycles. The first-order valence-corrected chi connectivity index (χ1v) is 11.9. The predicted molar refractivity (Wildman–Crippen MR) is 130 cm³/mol. The Morgan fingerprint density at radius 1 is 1.31 bits per heavy atom. The number of sulfone groups is 1. The number of hydrogen-bond acceptors (Lipinski definition) is 5. The molecule has 7 nitrogen and oxygen atoms in total. The number of aliphatic imine (C=N–C) groups is 1. The minimum Gasteiger partial charge on any atom is -0.497 e. The van der Waals surface area contributed by atoms with Gasteiger partial charge in [-0.05, 0) is 44.1 Å². The van der Waals surface area contributed by atoms with Crippen molar-refractivity contribution >= 4 is 39.8 Å². The smallest absolute Gasteiger partial charge is 0.191 e. The summed E-state index contributed by atoms with van der Waals surface area (Å²) in [4.78, 5) is 7.15. The third-order valence-corrected chi connectivity index (χ3v) is 6.84. The molecule has 2 atom stereocenters. The lowest BCUT2D eigenvalue weighted by atomic mass is 10.0. The van der Waals surface area contributed by atoms with Crippen molar-refractivity contribution in [2.45, 2.75) is 39.3 Å². The quantitative estimate of drug-likeness (QED) is 0.286. The Morgan fingerprint density at radius 3 is 2.59 bits per heavy atom. The van der Waals surface area contributed by atoms with E-state index in [1.807, 2.05) is 19.1 Å². The Balaban J connectivity index is 0.00000420. The zero-order valence-electron chi connectivity index (χ0n) is 17.8. The van der Waals surface area contributed by atoms with Gasteiger partial charge in [-0.3, -0.25) is 9.89 Å². The highest BCUT2D eigenvalue weighted by atomic mass is 127. The largest absolute Gasteiger partial charge is 0.497 e. The summed E-state index contributed by atoms with van der Waals surface area (Å²) >= 11 is 0. The fraction of sp³-hybridized carbons (Fsp3) is 0.650. The molecule has 1 saturated heterocycles. The molecule has 0 aliphatic carbocycles. The average Bonchev–Trinajstić information content (AvgIpc) is 3.03. The molecule has 2 unspecified atom stereocenters. The van der Waals surface area contributed by atoms with Gasteiger partial charge in [0, 0.05) is 12.6 Å². The van der Waals surface area contributed by atoms with Gasteiger partial charge in [0.1, 0.15) is 5.75 Å². The van der Waals surface area contributed by atoms with Gasteiger partial charge in [0.2, 0.25) is 0 Å². The zero-order valence-corrected chi connectivity index (χ0v) is 21.0. The predicted octanol–water partition coefficient (Wildman–Crippen LogP) is 2.44. The molecule has 0 amide bonds. The molecule has 1 heterocycles. The molecule has 166 valence electrons. The number of nitrogens with zero attached hydrogens (tertiary/aromatic N) is 2. The lowest BCUT2D eigenvalue weighted by Crippen LogP contribution is -2.44. The van der Waals surface area contributed by atoms with E-state index in [2.05, 4.69) is 41.5 Å². The second-order valence-corrected chi connectivity index (χ2v) is 9.21. The van der Waals surface area contributed by atoms with Crippen LogP contribution in [-0.4, -0.2) is 70.1 Å². The lowest BCUT2D eigenvalue weighted by Gasteiger charge is -2.29. The molecule has 2 rings (SSSR count). The third kappa shape index (κ3) is 7.93. The van der Waals surface area contributed by atoms with Crippen LogP contribution in [0.4, 0.5) is 0 Å². The van der Waals surface area contributed by atoms with E-state index in [4.69, 9.17) is 9.73 Å². The molecule has 9 heteroatoms. The average molecular weight is 538 g/mol. The summed E-state index contributed by atoms with van der Waals surface area (Å²) in [6.07, 6.45) is 0.627. The minimum absolute atomic E-state index is 0. The molecule has 0 radical (unpaired) electrons. The van der Waals surface area contributed by atoms with Crippen molar-refractivity contribution in [3.05, 3.63) is 29.8 Å². The SMILES string of the molecule is CCNC(=NCC(c1cccc(OC)c1)N(CC)CC)NC1CCS(=O)(=O)C1.I. The van der Waals surface area contributed by atoms with Crippen LogP contribution < -0.4 is 15.4 Å². The van der Waals surface area contributed by atoms with Crippen LogP contribution in [0.5, 0.6) is 5.75 Å². The Bertz CT molecular complexity index is 754. The molecule has 0 spiro atoms. The molecule has 2 N–H and O–H groups in total. The summed E-state index contributed by atoms with van der Waals surface area (Å²) in [7, 11) is -1.25. The van der Waals surface area contributed by atoms with Crippen LogP contribution in [0.25, 0.3) is 0 Å². The van der Waals surface area contributed by atoms with Crippen molar-refractivity contribution in [2.24, 2.45) is 4.99 Å². The van der Waals surface area contributed by atoms with Gasteiger partial charge in [-0.1, -0.05) is 26.0 Å². The highest BCUT2D eigenvalue weighted by molar-refractivity contribution is 14.0. The van der Waals surface area contributed by atoms with Crippen LogP contribution in [-0.2, 0) is 9.84 Å². The van der Waals surface area contributed by atoms with Gasteiger partial charge in [0.25, 0.3) is 0 Å². The Hall–Kier alpha value is -1.07. The number of guanidine groups is 1. The van der Waals surface area contributed by atoms with Crippen LogP contribution in [0.15, 0.2) is 29.3 Å². The maximum atomic E-state index is 11.7. The summed E-state index contributed by atoms with van der Waals surface area (Å²) < 4.78 is 28.9. The standard InChI is InChI=1S/C20H34N4O3S.HI/c1-5-21-20(23-17-11-12-28(25,26)15-17)22-14-19(24(6-2)7-3)16-9-8-10-18(13-16)27-4;/h8-10,13,17,19H,5-7,11-12,14-15H2,1-4H3,(H2,21,22,23);1H. The molecule has 1 aromatic carbocycles. The molecule has 0 saturated carbocycles. The van der Waals surface area contributed by atoms with Crippen LogP contribution in [0.1, 0.15) is 38.8 Å². The summed E-state index contributed by atoms with van der Waals surface area (Å²) in [6.45, 7) is 9.43. The first-order valence-electron chi connectivity index (χ1n) is 10.1. The van der Waals surface area contributed by atoms with Crippen molar-refractivity contribution in [3.8, 4) is 5.75 Å². The second kappa shape index (κ2) is 12.6. The molecular weight excluding hydrogens is 503 g/mol. The molecule has 1 aliphatic rings. The first-order chi connectivity index (χ1) is 13.4. The van der Waals surface area contributed by atoms with Gasteiger partial charge >= 0.3 is 0 Å². The monoisotopic (exact) mass is 538 g/mol. The normalized spacial score (nSPS) is 19.5. The molecule has 1 fully saturated rings. The molecule has 29 heavy (non-hydrogen) atoms. The number of benzene rings is 1. The number of rotatable bonds is 9. The summed E-state index contributed by atoms with van der Waals surface area (Å²) in [5.74, 6) is 1.92. The number of likely N-dealkylation sites (N-methyl/N-ethyl adjacent to an activating group) is 1. The zero-order chi connectivity index (χ0) is 20.6. The number of nitrogens with one attached hydrogen (secondary N) is 2. The summed E-state index contributed by atoms with van der Waals surface area (Å²) in [6, 6.07) is 8.15. The van der Waals surface area contributed by atoms with Crippen LogP contribution in [0, 0.1) is 0 Å². The van der Waals surface area contributed by atoms with Crippen molar-refractivity contribution in [1.82, 2.24) is 15.5 Å². The molecular formula is C20H35IN4O3S. The first kappa shape index (κ1) is 26.0. The number of halogens is 1. The molecule has 1 aliphatic heterocycles. The van der Waals surface area contributed by atoms with E-state index in [1.165, 1.54) is 0 Å². The number of ether oxygens (including phenoxy) is 1. The van der Waals surface area contributed by atoms with Gasteiger partial charge in [-0.2, -0.15) is 0 Å². The third-order valence-electron chi connectivity index (χ3n) is 5.07. The van der Waals surface area contributed by atoms with E-state index in [1.54, 1.807) is 7.11 Å². The second-order valence-electron chi connectivity index (χ2n) is 6.98. The van der Waals surface area contributed by atoms with Crippen molar-refractivity contribution in [1.29, 1.82) is 0 Å². The van der Waals surface area contributed by atoms with Crippen molar-refractivity contribution < 1.29 is 13.2 Å². The van der Waals surface area contributed by atoms with Crippen molar-refractivity contribution in [3.63, 3.8) is 0 Å². The van der Waals surface area contributed by atoms with E-state index in [9.17, 15) is 8.42 Å². The molecule has 1 aromatic rings. The van der Waals surface area contributed by atoms with Crippen LogP contribution in [0.2, 0.25) is 0 Å². The summed E-state index contributed by atoms with van der Waals surface area (Å²) in [5.41, 5.74) is 1.16. The minimum atomic E-state index is -2.93. The van der Waals surface area contributed by atoms with E-state index in [-0.39, 0.29) is 47.6 Å². The maximum Gasteiger partial charge on any atom is 0.191 e. The Morgan fingerprint density at radius 2 is 2.03 bits per heavy atom. The Labute approximate surface area is 192 Å². The highest BCUT2D eigenvalue weighted by Crippen LogP contribution is 2.24. The maximum absolute atomic E-state index is 11.7. The summed E-state index contributed by atoms with van der Waals surface area (Å²) in [5, 5.41) is 6.54. The van der Waals surface area contributed by atoms with Gasteiger partial charge in [0.15, 0.2) is 15.8 Å². The number of hydrogen-bond donors (Lipinski definition) is 2. The fourth-order valence-corrected chi connectivity index (χ4v) is 5.22. The van der Waals surface area contributed by atoms with Gasteiger partial charge in [-0.25, -0.2) is 8.42 Å². The fourth-order valence-electron chi connectivity index (χ4n) is 3.54. The highest BCUT2D eigenvalue weighted by Gasteiger charge is 2.28. The van der Waals surface area contributed by atoms with Gasteiger partial charge in [-0.15, -0.1) is 24.0 Å².